The molecule has 0 aliphatic heterocycles. The fourth-order valence-electron chi connectivity index (χ4n) is 1.68. The third-order valence-corrected chi connectivity index (χ3v) is 2.54. The summed E-state index contributed by atoms with van der Waals surface area (Å²) in [5.74, 6) is 0. The first-order valence-corrected chi connectivity index (χ1v) is 6.18. The van der Waals surface area contributed by atoms with Gasteiger partial charge < -0.3 is 5.32 Å². The van der Waals surface area contributed by atoms with Crippen LogP contribution in [-0.4, -0.2) is 11.5 Å². The van der Waals surface area contributed by atoms with E-state index in [0.717, 1.165) is 11.4 Å². The van der Waals surface area contributed by atoms with E-state index in [1.807, 2.05) is 31.2 Å². The molecule has 0 unspecified atom stereocenters. The van der Waals surface area contributed by atoms with Crippen molar-refractivity contribution in [2.24, 2.45) is 0 Å². The van der Waals surface area contributed by atoms with E-state index in [1.54, 1.807) is 12.1 Å². The van der Waals surface area contributed by atoms with Crippen LogP contribution >= 0.6 is 0 Å². The van der Waals surface area contributed by atoms with E-state index in [4.69, 9.17) is 4.84 Å². The van der Waals surface area contributed by atoms with Gasteiger partial charge >= 0.3 is 0 Å². The van der Waals surface area contributed by atoms with Gasteiger partial charge in [-0.05, 0) is 31.2 Å². The number of nitro benzene ring substituents is 1. The van der Waals surface area contributed by atoms with Crippen LogP contribution in [0, 0.1) is 10.1 Å². The molecule has 6 nitrogen and oxygen atoms in total. The monoisotopic (exact) mass is 273 g/mol. The molecule has 0 spiro atoms. The highest BCUT2D eigenvalue weighted by molar-refractivity contribution is 5.65. The molecule has 0 heterocycles. The number of nitrogens with one attached hydrogen (secondary N) is 2. The van der Waals surface area contributed by atoms with Crippen molar-refractivity contribution in [3.8, 4) is 0 Å². The maximum Gasteiger partial charge on any atom is 0.271 e. The van der Waals surface area contributed by atoms with Crippen LogP contribution in [0.4, 0.5) is 22.7 Å². The predicted octanol–water partition coefficient (Wildman–Crippen LogP) is 3.70. The third kappa shape index (κ3) is 3.69. The van der Waals surface area contributed by atoms with Gasteiger partial charge in [0.15, 0.2) is 0 Å². The highest BCUT2D eigenvalue weighted by Gasteiger charge is 2.05. The average molecular weight is 273 g/mol. The van der Waals surface area contributed by atoms with E-state index < -0.39 is 4.92 Å². The van der Waals surface area contributed by atoms with Crippen molar-refractivity contribution in [2.75, 3.05) is 17.4 Å². The molecule has 104 valence electrons. The lowest BCUT2D eigenvalue weighted by atomic mass is 10.2. The quantitative estimate of drug-likeness (QED) is 0.620. The zero-order valence-electron chi connectivity index (χ0n) is 11.0. The molecule has 0 amide bonds. The molecule has 0 radical (unpaired) electrons. The number of anilines is 3. The molecule has 0 aromatic heterocycles. The summed E-state index contributed by atoms with van der Waals surface area (Å²) >= 11 is 0. The van der Waals surface area contributed by atoms with E-state index in [2.05, 4.69) is 10.8 Å². The van der Waals surface area contributed by atoms with Crippen LogP contribution in [0.5, 0.6) is 0 Å². The largest absolute Gasteiger partial charge is 0.355 e. The average Bonchev–Trinajstić information content (AvgIpc) is 2.46. The fourth-order valence-corrected chi connectivity index (χ4v) is 1.68. The molecule has 2 rings (SSSR count). The summed E-state index contributed by atoms with van der Waals surface area (Å²) in [6, 6.07) is 13.8. The van der Waals surface area contributed by atoms with Crippen molar-refractivity contribution in [3.05, 3.63) is 58.6 Å². The van der Waals surface area contributed by atoms with Crippen LogP contribution in [0.25, 0.3) is 0 Å². The Labute approximate surface area is 116 Å². The Kier molecular flexibility index (Phi) is 4.52. The number of hydrogen-bond donors (Lipinski definition) is 2. The van der Waals surface area contributed by atoms with Gasteiger partial charge in [-0.15, -0.1) is 0 Å². The van der Waals surface area contributed by atoms with Crippen molar-refractivity contribution in [1.29, 1.82) is 0 Å². The summed E-state index contributed by atoms with van der Waals surface area (Å²) in [5, 5.41) is 13.8. The Bertz CT molecular complexity index is 602. The van der Waals surface area contributed by atoms with Gasteiger partial charge in [0.1, 0.15) is 0 Å². The number of benzene rings is 2. The third-order valence-electron chi connectivity index (χ3n) is 2.54. The predicted molar refractivity (Wildman–Crippen MR) is 78.1 cm³/mol. The van der Waals surface area contributed by atoms with E-state index in [1.165, 1.54) is 12.1 Å². The number of nitro groups is 1. The van der Waals surface area contributed by atoms with Crippen molar-refractivity contribution in [2.45, 2.75) is 6.92 Å². The van der Waals surface area contributed by atoms with Crippen LogP contribution in [0.3, 0.4) is 0 Å². The molecule has 0 saturated heterocycles. The standard InChI is InChI=1S/C14H15N3O3/c1-2-20-16-13-7-3-5-11(9-13)15-12-6-4-8-14(10-12)17(18)19/h3-10,15-16H,2H2,1H3. The molecule has 0 atom stereocenters. The summed E-state index contributed by atoms with van der Waals surface area (Å²) in [4.78, 5) is 15.4. The van der Waals surface area contributed by atoms with Gasteiger partial charge in [0, 0.05) is 23.5 Å². The van der Waals surface area contributed by atoms with Gasteiger partial charge in [0.2, 0.25) is 0 Å². The van der Waals surface area contributed by atoms with Crippen molar-refractivity contribution >= 4 is 22.7 Å². The molecule has 20 heavy (non-hydrogen) atoms. The van der Waals surface area contributed by atoms with Crippen LogP contribution in [0.2, 0.25) is 0 Å². The van der Waals surface area contributed by atoms with Crippen LogP contribution in [-0.2, 0) is 4.84 Å². The highest BCUT2D eigenvalue weighted by Crippen LogP contribution is 2.23. The Morgan fingerprint density at radius 1 is 1.10 bits per heavy atom. The van der Waals surface area contributed by atoms with E-state index in [-0.39, 0.29) is 5.69 Å². The summed E-state index contributed by atoms with van der Waals surface area (Å²) < 4.78 is 0. The summed E-state index contributed by atoms with van der Waals surface area (Å²) in [6.07, 6.45) is 0. The molecule has 2 aromatic rings. The van der Waals surface area contributed by atoms with Gasteiger partial charge in [-0.25, -0.2) is 0 Å². The Balaban J connectivity index is 2.13. The summed E-state index contributed by atoms with van der Waals surface area (Å²) in [5.41, 5.74) is 5.14. The number of hydrogen-bond acceptors (Lipinski definition) is 5. The lowest BCUT2D eigenvalue weighted by molar-refractivity contribution is -0.384. The normalized spacial score (nSPS) is 10.1. The summed E-state index contributed by atoms with van der Waals surface area (Å²) in [7, 11) is 0. The maximum absolute atomic E-state index is 10.7. The molecular formula is C14H15N3O3. The first kappa shape index (κ1) is 13.8. The smallest absolute Gasteiger partial charge is 0.271 e. The Morgan fingerprint density at radius 2 is 1.75 bits per heavy atom. The zero-order valence-corrected chi connectivity index (χ0v) is 11.0. The first-order valence-electron chi connectivity index (χ1n) is 6.18. The minimum Gasteiger partial charge on any atom is -0.355 e. The molecule has 0 aliphatic rings. The lowest BCUT2D eigenvalue weighted by Gasteiger charge is -2.09. The minimum absolute atomic E-state index is 0.0543. The number of nitrogens with zero attached hydrogens (tertiary/aromatic N) is 1. The molecular weight excluding hydrogens is 258 g/mol. The van der Waals surface area contributed by atoms with Gasteiger partial charge in [0.25, 0.3) is 5.69 Å². The molecule has 0 fully saturated rings. The van der Waals surface area contributed by atoms with Gasteiger partial charge in [-0.1, -0.05) is 12.1 Å². The second-order valence-electron chi connectivity index (χ2n) is 4.05. The van der Waals surface area contributed by atoms with Crippen LogP contribution in [0.15, 0.2) is 48.5 Å². The fraction of sp³-hybridized carbons (Fsp3) is 0.143. The first-order chi connectivity index (χ1) is 9.69. The van der Waals surface area contributed by atoms with Crippen LogP contribution < -0.4 is 10.8 Å². The maximum atomic E-state index is 10.7. The van der Waals surface area contributed by atoms with E-state index in [0.29, 0.717) is 12.3 Å². The SMILES string of the molecule is CCONc1cccc(Nc2cccc([N+](=O)[O-])c2)c1. The van der Waals surface area contributed by atoms with E-state index in [9.17, 15) is 10.1 Å². The van der Waals surface area contributed by atoms with Crippen molar-refractivity contribution in [1.82, 2.24) is 0 Å². The van der Waals surface area contributed by atoms with E-state index >= 15 is 0 Å². The number of rotatable bonds is 6. The topological polar surface area (TPSA) is 76.4 Å². The highest BCUT2D eigenvalue weighted by atomic mass is 16.6. The summed E-state index contributed by atoms with van der Waals surface area (Å²) in [6.45, 7) is 2.45. The lowest BCUT2D eigenvalue weighted by Crippen LogP contribution is -2.00. The van der Waals surface area contributed by atoms with Crippen molar-refractivity contribution in [3.63, 3.8) is 0 Å². The second-order valence-corrected chi connectivity index (χ2v) is 4.05. The zero-order chi connectivity index (χ0) is 14.4. The molecule has 6 heteroatoms. The number of non-ortho nitro benzene ring substituents is 1. The Hall–Kier alpha value is -2.60. The van der Waals surface area contributed by atoms with Crippen LogP contribution in [0.1, 0.15) is 6.92 Å². The molecule has 2 aromatic carbocycles. The minimum atomic E-state index is -0.418. The van der Waals surface area contributed by atoms with Gasteiger partial charge in [0.05, 0.1) is 17.2 Å². The second kappa shape index (κ2) is 6.53. The Morgan fingerprint density at radius 3 is 2.45 bits per heavy atom. The van der Waals surface area contributed by atoms with Crippen molar-refractivity contribution < 1.29 is 9.76 Å². The molecule has 0 aliphatic carbocycles. The van der Waals surface area contributed by atoms with Gasteiger partial charge in [-0.2, -0.15) is 0 Å². The molecule has 2 N–H and O–H groups in total. The molecule has 0 bridgehead atoms. The molecule has 0 saturated carbocycles. The van der Waals surface area contributed by atoms with Gasteiger partial charge in [-0.3, -0.25) is 20.4 Å².